The topological polar surface area (TPSA) is 89.5 Å². The standard InChI is InChI=1S/C19H21N5O3S/c1-26-10-8-20-17(25)16-15(13-4-2-5-21-18(13)28-16)14-12-24(9-11-27-14)19-22-6-3-7-23-19/h2-7,14H,8-12H2,1H3,(H,20,25). The Morgan fingerprint density at radius 3 is 2.96 bits per heavy atom. The maximum absolute atomic E-state index is 12.8. The van der Waals surface area contributed by atoms with Crippen molar-refractivity contribution in [3.05, 3.63) is 47.2 Å². The second-order valence-corrected chi connectivity index (χ2v) is 7.30. The van der Waals surface area contributed by atoms with Crippen LogP contribution in [0.3, 0.4) is 0 Å². The number of hydrogen-bond donors (Lipinski definition) is 1. The summed E-state index contributed by atoms with van der Waals surface area (Å²) in [5, 5.41) is 3.86. The van der Waals surface area contributed by atoms with Crippen LogP contribution in [0.2, 0.25) is 0 Å². The van der Waals surface area contributed by atoms with Crippen LogP contribution in [0, 0.1) is 0 Å². The minimum Gasteiger partial charge on any atom is -0.383 e. The van der Waals surface area contributed by atoms with E-state index in [4.69, 9.17) is 9.47 Å². The third-order valence-corrected chi connectivity index (χ3v) is 5.65. The number of amides is 1. The molecule has 28 heavy (non-hydrogen) atoms. The van der Waals surface area contributed by atoms with Crippen molar-refractivity contribution in [3.63, 3.8) is 0 Å². The first-order chi connectivity index (χ1) is 13.8. The fourth-order valence-electron chi connectivity index (χ4n) is 3.25. The molecule has 8 nitrogen and oxygen atoms in total. The molecule has 0 aromatic carbocycles. The van der Waals surface area contributed by atoms with Crippen molar-refractivity contribution in [2.45, 2.75) is 6.10 Å². The van der Waals surface area contributed by atoms with Crippen LogP contribution >= 0.6 is 11.3 Å². The first kappa shape index (κ1) is 18.7. The summed E-state index contributed by atoms with van der Waals surface area (Å²) in [5.74, 6) is 0.534. The Labute approximate surface area is 166 Å². The fourth-order valence-corrected chi connectivity index (χ4v) is 4.36. The molecule has 0 aliphatic carbocycles. The number of ether oxygens (including phenoxy) is 2. The van der Waals surface area contributed by atoms with Gasteiger partial charge in [-0.3, -0.25) is 4.79 Å². The molecule has 3 aromatic heterocycles. The number of nitrogens with zero attached hydrogens (tertiary/aromatic N) is 4. The molecular formula is C19H21N5O3S. The number of methoxy groups -OCH3 is 1. The normalized spacial score (nSPS) is 17.0. The average Bonchev–Trinajstić information content (AvgIpc) is 3.14. The molecule has 1 unspecified atom stereocenters. The highest BCUT2D eigenvalue weighted by molar-refractivity contribution is 7.20. The number of rotatable bonds is 6. The molecule has 1 N–H and O–H groups in total. The third-order valence-electron chi connectivity index (χ3n) is 4.53. The molecule has 9 heteroatoms. The van der Waals surface area contributed by atoms with E-state index in [0.717, 1.165) is 15.8 Å². The Bertz CT molecular complexity index is 949. The predicted octanol–water partition coefficient (Wildman–Crippen LogP) is 2.04. The van der Waals surface area contributed by atoms with Crippen molar-refractivity contribution in [1.82, 2.24) is 20.3 Å². The summed E-state index contributed by atoms with van der Waals surface area (Å²) in [6.45, 7) is 2.72. The van der Waals surface area contributed by atoms with E-state index in [-0.39, 0.29) is 12.0 Å². The van der Waals surface area contributed by atoms with Crippen molar-refractivity contribution in [3.8, 4) is 0 Å². The summed E-state index contributed by atoms with van der Waals surface area (Å²) in [4.78, 5) is 29.5. The number of morpholine rings is 1. The van der Waals surface area contributed by atoms with Gasteiger partial charge in [-0.05, 0) is 12.1 Å². The zero-order valence-electron chi connectivity index (χ0n) is 15.5. The monoisotopic (exact) mass is 399 g/mol. The number of carbonyl (C=O) groups excluding carboxylic acids is 1. The summed E-state index contributed by atoms with van der Waals surface area (Å²) in [7, 11) is 1.61. The molecule has 0 radical (unpaired) electrons. The maximum atomic E-state index is 12.8. The highest BCUT2D eigenvalue weighted by Gasteiger charge is 2.30. The van der Waals surface area contributed by atoms with Crippen LogP contribution < -0.4 is 10.2 Å². The summed E-state index contributed by atoms with van der Waals surface area (Å²) >= 11 is 1.39. The molecule has 0 saturated carbocycles. The van der Waals surface area contributed by atoms with Gasteiger partial charge in [-0.15, -0.1) is 11.3 Å². The van der Waals surface area contributed by atoms with Crippen LogP contribution in [-0.2, 0) is 9.47 Å². The zero-order valence-corrected chi connectivity index (χ0v) is 16.3. The third kappa shape index (κ3) is 3.82. The lowest BCUT2D eigenvalue weighted by Crippen LogP contribution is -2.40. The van der Waals surface area contributed by atoms with Gasteiger partial charge in [-0.2, -0.15) is 0 Å². The van der Waals surface area contributed by atoms with Gasteiger partial charge in [0.15, 0.2) is 0 Å². The van der Waals surface area contributed by atoms with Crippen LogP contribution in [0.1, 0.15) is 21.3 Å². The van der Waals surface area contributed by atoms with Gasteiger partial charge in [0, 0.05) is 49.7 Å². The maximum Gasteiger partial charge on any atom is 0.261 e. The quantitative estimate of drug-likeness (QED) is 0.635. The number of pyridine rings is 1. The molecular weight excluding hydrogens is 378 g/mol. The van der Waals surface area contributed by atoms with Crippen LogP contribution in [-0.4, -0.2) is 60.8 Å². The van der Waals surface area contributed by atoms with Gasteiger partial charge in [0.25, 0.3) is 5.91 Å². The van der Waals surface area contributed by atoms with Gasteiger partial charge in [0.05, 0.1) is 19.8 Å². The molecule has 1 saturated heterocycles. The second kappa shape index (κ2) is 8.59. The van der Waals surface area contributed by atoms with Gasteiger partial charge in [-0.1, -0.05) is 6.07 Å². The number of hydrogen-bond acceptors (Lipinski definition) is 8. The molecule has 1 aliphatic heterocycles. The van der Waals surface area contributed by atoms with Gasteiger partial charge in [-0.25, -0.2) is 15.0 Å². The van der Waals surface area contributed by atoms with E-state index in [0.29, 0.717) is 43.7 Å². The number of anilines is 1. The Hall–Kier alpha value is -2.62. The molecule has 1 aliphatic rings. The van der Waals surface area contributed by atoms with E-state index in [1.165, 1.54) is 11.3 Å². The van der Waals surface area contributed by atoms with Gasteiger partial charge < -0.3 is 19.7 Å². The zero-order chi connectivity index (χ0) is 19.3. The van der Waals surface area contributed by atoms with E-state index < -0.39 is 0 Å². The Balaban J connectivity index is 1.66. The predicted molar refractivity (Wildman–Crippen MR) is 107 cm³/mol. The van der Waals surface area contributed by atoms with Crippen molar-refractivity contribution in [2.75, 3.05) is 44.9 Å². The summed E-state index contributed by atoms with van der Waals surface area (Å²) in [6.07, 6.45) is 4.93. The van der Waals surface area contributed by atoms with E-state index in [2.05, 4.69) is 25.2 Å². The molecule has 1 fully saturated rings. The largest absolute Gasteiger partial charge is 0.383 e. The van der Waals surface area contributed by atoms with Crippen molar-refractivity contribution < 1.29 is 14.3 Å². The highest BCUT2D eigenvalue weighted by Crippen LogP contribution is 2.37. The highest BCUT2D eigenvalue weighted by atomic mass is 32.1. The molecule has 1 amide bonds. The molecule has 146 valence electrons. The number of thiophene rings is 1. The molecule has 3 aromatic rings. The van der Waals surface area contributed by atoms with Crippen molar-refractivity contribution in [2.24, 2.45) is 0 Å². The summed E-state index contributed by atoms with van der Waals surface area (Å²) < 4.78 is 11.1. The number of nitrogens with one attached hydrogen (secondary N) is 1. The van der Waals surface area contributed by atoms with E-state index in [1.807, 2.05) is 12.1 Å². The number of carbonyl (C=O) groups is 1. The average molecular weight is 399 g/mol. The van der Waals surface area contributed by atoms with Crippen LogP contribution in [0.15, 0.2) is 36.8 Å². The van der Waals surface area contributed by atoms with E-state index >= 15 is 0 Å². The van der Waals surface area contributed by atoms with Crippen LogP contribution in [0.4, 0.5) is 5.95 Å². The fraction of sp³-hybridized carbons (Fsp3) is 0.368. The first-order valence-electron chi connectivity index (χ1n) is 9.06. The lowest BCUT2D eigenvalue weighted by molar-refractivity contribution is 0.0396. The minimum atomic E-state index is -0.265. The summed E-state index contributed by atoms with van der Waals surface area (Å²) in [5.41, 5.74) is 0.878. The summed E-state index contributed by atoms with van der Waals surface area (Å²) in [6, 6.07) is 5.66. The first-order valence-corrected chi connectivity index (χ1v) is 9.87. The van der Waals surface area contributed by atoms with Crippen LogP contribution in [0.25, 0.3) is 10.2 Å². The van der Waals surface area contributed by atoms with Crippen molar-refractivity contribution in [1.29, 1.82) is 0 Å². The van der Waals surface area contributed by atoms with Crippen molar-refractivity contribution >= 4 is 33.4 Å². The van der Waals surface area contributed by atoms with Gasteiger partial charge in [0.1, 0.15) is 15.8 Å². The Kier molecular flexibility index (Phi) is 5.75. The molecule has 4 rings (SSSR count). The van der Waals surface area contributed by atoms with Gasteiger partial charge >= 0.3 is 0 Å². The molecule has 4 heterocycles. The lowest BCUT2D eigenvalue weighted by atomic mass is 10.0. The van der Waals surface area contributed by atoms with Crippen LogP contribution in [0.5, 0.6) is 0 Å². The SMILES string of the molecule is COCCNC(=O)c1sc2ncccc2c1C1CN(c2ncccn2)CCO1. The molecule has 0 bridgehead atoms. The molecule has 1 atom stereocenters. The number of fused-ring (bicyclic) bond motifs is 1. The lowest BCUT2D eigenvalue weighted by Gasteiger charge is -2.33. The minimum absolute atomic E-state index is 0.133. The number of aromatic nitrogens is 3. The Morgan fingerprint density at radius 2 is 2.14 bits per heavy atom. The second-order valence-electron chi connectivity index (χ2n) is 6.30. The smallest absolute Gasteiger partial charge is 0.261 e. The van der Waals surface area contributed by atoms with E-state index in [1.54, 1.807) is 31.8 Å². The van der Waals surface area contributed by atoms with Gasteiger partial charge in [0.2, 0.25) is 5.95 Å². The Morgan fingerprint density at radius 1 is 1.32 bits per heavy atom. The molecule has 0 spiro atoms. The van der Waals surface area contributed by atoms with E-state index in [9.17, 15) is 4.79 Å².